The molecule has 1 aromatic heterocycles. The lowest BCUT2D eigenvalue weighted by Crippen LogP contribution is -2.09. The van der Waals surface area contributed by atoms with Gasteiger partial charge in [-0.2, -0.15) is 0 Å². The Morgan fingerprint density at radius 1 is 0.913 bits per heavy atom. The second-order valence-corrected chi connectivity index (χ2v) is 5.22. The third-order valence-corrected chi connectivity index (χ3v) is 3.59. The molecule has 3 rings (SSSR count). The van der Waals surface area contributed by atoms with Crippen LogP contribution >= 0.6 is 0 Å². The van der Waals surface area contributed by atoms with Crippen molar-refractivity contribution in [3.8, 4) is 11.4 Å². The molecular formula is C17H16F2N4. The van der Waals surface area contributed by atoms with Crippen LogP contribution in [0, 0.1) is 11.6 Å². The van der Waals surface area contributed by atoms with Crippen LogP contribution in [0.1, 0.15) is 5.56 Å². The third kappa shape index (κ3) is 3.53. The fourth-order valence-corrected chi connectivity index (χ4v) is 2.30. The quantitative estimate of drug-likeness (QED) is 0.785. The van der Waals surface area contributed by atoms with E-state index >= 15 is 0 Å². The van der Waals surface area contributed by atoms with Gasteiger partial charge in [-0.3, -0.25) is 4.57 Å². The van der Waals surface area contributed by atoms with Gasteiger partial charge in [-0.1, -0.05) is 12.1 Å². The Bertz CT molecular complexity index is 779. The Morgan fingerprint density at radius 3 is 2.17 bits per heavy atom. The van der Waals surface area contributed by atoms with Gasteiger partial charge in [0.2, 0.25) is 5.95 Å². The number of halogens is 2. The molecule has 0 bridgehead atoms. The Hall–Kier alpha value is -2.76. The zero-order valence-electron chi connectivity index (χ0n) is 12.6. The average Bonchev–Trinajstić information content (AvgIpc) is 2.91. The topological polar surface area (TPSA) is 42.7 Å². The summed E-state index contributed by atoms with van der Waals surface area (Å²) in [5.74, 6) is 0.772. The van der Waals surface area contributed by atoms with E-state index in [0.29, 0.717) is 18.3 Å². The number of benzene rings is 2. The molecule has 23 heavy (non-hydrogen) atoms. The van der Waals surface area contributed by atoms with E-state index in [1.807, 2.05) is 11.6 Å². The lowest BCUT2D eigenvalue weighted by Gasteiger charge is -2.07. The van der Waals surface area contributed by atoms with Gasteiger partial charge in [0.05, 0.1) is 0 Å². The molecule has 3 aromatic rings. The average molecular weight is 314 g/mol. The van der Waals surface area contributed by atoms with E-state index in [4.69, 9.17) is 0 Å². The van der Waals surface area contributed by atoms with E-state index in [2.05, 4.69) is 15.5 Å². The van der Waals surface area contributed by atoms with Crippen LogP contribution in [-0.2, 0) is 13.5 Å². The highest BCUT2D eigenvalue weighted by Gasteiger charge is 2.10. The monoisotopic (exact) mass is 314 g/mol. The summed E-state index contributed by atoms with van der Waals surface area (Å²) < 4.78 is 27.7. The minimum Gasteiger partial charge on any atom is -0.354 e. The van der Waals surface area contributed by atoms with Crippen molar-refractivity contribution in [2.45, 2.75) is 6.42 Å². The molecule has 1 N–H and O–H groups in total. The third-order valence-electron chi connectivity index (χ3n) is 3.59. The molecule has 0 fully saturated rings. The SMILES string of the molecule is Cn1c(NCCc2ccc(F)cc2)nnc1-c1ccc(F)cc1. The number of hydrogen-bond acceptors (Lipinski definition) is 3. The molecule has 0 radical (unpaired) electrons. The molecule has 0 spiro atoms. The van der Waals surface area contributed by atoms with Crippen LogP contribution in [0.15, 0.2) is 48.5 Å². The molecule has 6 heteroatoms. The van der Waals surface area contributed by atoms with Crippen LogP contribution < -0.4 is 5.32 Å². The van der Waals surface area contributed by atoms with E-state index in [0.717, 1.165) is 17.5 Å². The highest BCUT2D eigenvalue weighted by molar-refractivity contribution is 5.57. The highest BCUT2D eigenvalue weighted by atomic mass is 19.1. The summed E-state index contributed by atoms with van der Waals surface area (Å²) in [5.41, 5.74) is 1.84. The molecule has 4 nitrogen and oxygen atoms in total. The summed E-state index contributed by atoms with van der Waals surface area (Å²) in [7, 11) is 1.85. The molecule has 2 aromatic carbocycles. The van der Waals surface area contributed by atoms with Gasteiger partial charge in [0.1, 0.15) is 11.6 Å². The smallest absolute Gasteiger partial charge is 0.224 e. The van der Waals surface area contributed by atoms with Gasteiger partial charge in [0.15, 0.2) is 5.82 Å². The van der Waals surface area contributed by atoms with Crippen molar-refractivity contribution in [3.05, 3.63) is 65.7 Å². The Balaban J connectivity index is 1.65. The predicted octanol–water partition coefficient (Wildman–Crippen LogP) is 3.41. The van der Waals surface area contributed by atoms with Crippen LogP contribution in [0.4, 0.5) is 14.7 Å². The van der Waals surface area contributed by atoms with Crippen LogP contribution in [-0.4, -0.2) is 21.3 Å². The van der Waals surface area contributed by atoms with Crippen LogP contribution in [0.5, 0.6) is 0 Å². The molecule has 0 aliphatic rings. The number of nitrogens with one attached hydrogen (secondary N) is 1. The predicted molar refractivity (Wildman–Crippen MR) is 85.0 cm³/mol. The zero-order valence-corrected chi connectivity index (χ0v) is 12.6. The van der Waals surface area contributed by atoms with Crippen molar-refractivity contribution in [1.29, 1.82) is 0 Å². The fourth-order valence-electron chi connectivity index (χ4n) is 2.30. The van der Waals surface area contributed by atoms with Gasteiger partial charge in [0, 0.05) is 19.2 Å². The molecule has 118 valence electrons. The molecule has 0 aliphatic heterocycles. The van der Waals surface area contributed by atoms with Crippen LogP contribution in [0.3, 0.4) is 0 Å². The highest BCUT2D eigenvalue weighted by Crippen LogP contribution is 2.19. The number of hydrogen-bond donors (Lipinski definition) is 1. The van der Waals surface area contributed by atoms with E-state index in [1.165, 1.54) is 24.3 Å². The van der Waals surface area contributed by atoms with Gasteiger partial charge >= 0.3 is 0 Å². The maximum Gasteiger partial charge on any atom is 0.224 e. The second-order valence-electron chi connectivity index (χ2n) is 5.22. The first-order valence-electron chi connectivity index (χ1n) is 7.27. The lowest BCUT2D eigenvalue weighted by molar-refractivity contribution is 0.627. The van der Waals surface area contributed by atoms with Crippen LogP contribution in [0.25, 0.3) is 11.4 Å². The molecule has 0 amide bonds. The first-order chi connectivity index (χ1) is 11.1. The van der Waals surface area contributed by atoms with Gasteiger partial charge in [-0.15, -0.1) is 10.2 Å². The summed E-state index contributed by atoms with van der Waals surface area (Å²) in [6.45, 7) is 0.654. The molecule has 0 unspecified atom stereocenters. The first kappa shape index (κ1) is 15.1. The van der Waals surface area contributed by atoms with Crippen LogP contribution in [0.2, 0.25) is 0 Å². The Labute approximate surface area is 132 Å². The van der Waals surface area contributed by atoms with Crippen molar-refractivity contribution < 1.29 is 8.78 Å². The fraction of sp³-hybridized carbons (Fsp3) is 0.176. The molecule has 0 saturated carbocycles. The largest absolute Gasteiger partial charge is 0.354 e. The normalized spacial score (nSPS) is 10.7. The zero-order chi connectivity index (χ0) is 16.2. The van der Waals surface area contributed by atoms with Crippen molar-refractivity contribution >= 4 is 5.95 Å². The summed E-state index contributed by atoms with van der Waals surface area (Å²) in [5, 5.41) is 11.4. The van der Waals surface area contributed by atoms with E-state index in [9.17, 15) is 8.78 Å². The molecular weight excluding hydrogens is 298 g/mol. The summed E-state index contributed by atoms with van der Waals surface area (Å²) in [6.07, 6.45) is 0.749. The summed E-state index contributed by atoms with van der Waals surface area (Å²) in [6, 6.07) is 12.5. The van der Waals surface area contributed by atoms with E-state index in [-0.39, 0.29) is 11.6 Å². The van der Waals surface area contributed by atoms with Crippen molar-refractivity contribution in [1.82, 2.24) is 14.8 Å². The number of anilines is 1. The summed E-state index contributed by atoms with van der Waals surface area (Å²) in [4.78, 5) is 0. The minimum atomic E-state index is -0.284. The van der Waals surface area contributed by atoms with Gasteiger partial charge in [-0.25, -0.2) is 8.78 Å². The number of nitrogens with zero attached hydrogens (tertiary/aromatic N) is 3. The van der Waals surface area contributed by atoms with Gasteiger partial charge in [-0.05, 0) is 48.4 Å². The van der Waals surface area contributed by atoms with E-state index in [1.54, 1.807) is 24.3 Å². The standard InChI is InChI=1S/C17H16F2N4/c1-23-16(13-4-8-15(19)9-5-13)21-22-17(23)20-11-10-12-2-6-14(18)7-3-12/h2-9H,10-11H2,1H3,(H,20,22). The molecule has 0 atom stereocenters. The van der Waals surface area contributed by atoms with Gasteiger partial charge in [0.25, 0.3) is 0 Å². The van der Waals surface area contributed by atoms with Gasteiger partial charge < -0.3 is 5.32 Å². The first-order valence-corrected chi connectivity index (χ1v) is 7.27. The van der Waals surface area contributed by atoms with Crippen molar-refractivity contribution in [2.75, 3.05) is 11.9 Å². The lowest BCUT2D eigenvalue weighted by atomic mass is 10.1. The number of aromatic nitrogens is 3. The maximum atomic E-state index is 13.0. The van der Waals surface area contributed by atoms with Crippen molar-refractivity contribution in [3.63, 3.8) is 0 Å². The number of rotatable bonds is 5. The Kier molecular flexibility index (Phi) is 4.32. The second kappa shape index (κ2) is 6.56. The van der Waals surface area contributed by atoms with E-state index < -0.39 is 0 Å². The van der Waals surface area contributed by atoms with Crippen molar-refractivity contribution in [2.24, 2.45) is 7.05 Å². The Morgan fingerprint density at radius 2 is 1.52 bits per heavy atom. The minimum absolute atomic E-state index is 0.237. The molecule has 0 aliphatic carbocycles. The molecule has 1 heterocycles. The maximum absolute atomic E-state index is 13.0. The summed E-state index contributed by atoms with van der Waals surface area (Å²) >= 11 is 0. The molecule has 0 saturated heterocycles.